The van der Waals surface area contributed by atoms with Gasteiger partial charge >= 0.3 is 11.9 Å². The summed E-state index contributed by atoms with van der Waals surface area (Å²) in [7, 11) is 0. The van der Waals surface area contributed by atoms with E-state index in [1.807, 2.05) is 60.7 Å². The smallest absolute Gasteiger partial charge is 0.303 e. The van der Waals surface area contributed by atoms with Gasteiger partial charge in [-0.15, -0.1) is 0 Å². The summed E-state index contributed by atoms with van der Waals surface area (Å²) in [4.78, 5) is 23.3. The third kappa shape index (κ3) is 5.34. The second-order valence-electron chi connectivity index (χ2n) is 7.64. The topological polar surface area (TPSA) is 89.5 Å². The minimum Gasteiger partial charge on any atom is -0.462 e. The molecule has 2 aromatic rings. The van der Waals surface area contributed by atoms with E-state index in [0.717, 1.165) is 11.1 Å². The largest absolute Gasteiger partial charge is 0.462 e. The van der Waals surface area contributed by atoms with Crippen LogP contribution in [0.15, 0.2) is 60.7 Å². The highest BCUT2D eigenvalue weighted by Gasteiger charge is 2.49. The molecule has 32 heavy (non-hydrogen) atoms. The fraction of sp³-hybridized carbons (Fsp3) is 0.417. The Labute approximate surface area is 186 Å². The molecule has 0 aliphatic carbocycles. The Bertz CT molecular complexity index is 903. The molecule has 2 saturated heterocycles. The summed E-state index contributed by atoms with van der Waals surface area (Å²) < 4.78 is 35.2. The van der Waals surface area contributed by atoms with Gasteiger partial charge < -0.3 is 28.4 Å². The van der Waals surface area contributed by atoms with Crippen molar-refractivity contribution in [3.63, 3.8) is 0 Å². The van der Waals surface area contributed by atoms with Crippen LogP contribution in [0, 0.1) is 0 Å². The van der Waals surface area contributed by atoms with Crippen LogP contribution in [0.4, 0.5) is 0 Å². The number of ether oxygens (including phenoxy) is 6. The van der Waals surface area contributed by atoms with Crippen molar-refractivity contribution in [2.24, 2.45) is 0 Å². The zero-order chi connectivity index (χ0) is 22.5. The van der Waals surface area contributed by atoms with Gasteiger partial charge in [0.2, 0.25) is 0 Å². The number of hydrogen-bond acceptors (Lipinski definition) is 8. The Balaban J connectivity index is 1.62. The molecule has 6 unspecified atom stereocenters. The first kappa shape index (κ1) is 22.4. The van der Waals surface area contributed by atoms with E-state index in [-0.39, 0.29) is 13.2 Å². The normalized spacial score (nSPS) is 28.2. The highest BCUT2D eigenvalue weighted by atomic mass is 16.8. The van der Waals surface area contributed by atoms with Crippen LogP contribution in [-0.2, 0) is 38.0 Å². The van der Waals surface area contributed by atoms with Crippen LogP contribution < -0.4 is 0 Å². The van der Waals surface area contributed by atoms with Crippen molar-refractivity contribution in [3.05, 3.63) is 71.8 Å². The van der Waals surface area contributed by atoms with Crippen LogP contribution in [0.2, 0.25) is 0 Å². The molecule has 0 amide bonds. The average molecular weight is 442 g/mol. The zero-order valence-electron chi connectivity index (χ0n) is 17.9. The standard InChI is InChI=1S/C24H26O8/c1-15(25)27-13-19(29-16(2)26)21-22-20(30-24(32-21)18-11-7-4-8-12-18)14-28-23(31-22)17-9-5-3-6-10-17/h3-12,19-24H,13-14H2,1-2H3. The minimum atomic E-state index is -0.881. The summed E-state index contributed by atoms with van der Waals surface area (Å²) in [6, 6.07) is 18.9. The van der Waals surface area contributed by atoms with Gasteiger partial charge in [-0.25, -0.2) is 0 Å². The quantitative estimate of drug-likeness (QED) is 0.631. The second-order valence-corrected chi connectivity index (χ2v) is 7.64. The number of benzene rings is 2. The number of rotatable bonds is 6. The summed E-state index contributed by atoms with van der Waals surface area (Å²) >= 11 is 0. The molecular formula is C24H26O8. The fourth-order valence-corrected chi connectivity index (χ4v) is 3.82. The SMILES string of the molecule is CC(=O)OCC(OC(C)=O)C1OC(c2ccccc2)OC2COC(c3ccccc3)OC21. The predicted octanol–water partition coefficient (Wildman–Crippen LogP) is 3.08. The number of carbonyl (C=O) groups is 2. The number of hydrogen-bond donors (Lipinski definition) is 0. The molecule has 4 rings (SSSR count). The van der Waals surface area contributed by atoms with Crippen LogP contribution in [0.1, 0.15) is 37.6 Å². The molecule has 0 spiro atoms. The lowest BCUT2D eigenvalue weighted by Gasteiger charge is -2.47. The Morgan fingerprint density at radius 3 is 2.09 bits per heavy atom. The third-order valence-electron chi connectivity index (χ3n) is 5.24. The summed E-state index contributed by atoms with van der Waals surface area (Å²) in [5.74, 6) is -1.00. The highest BCUT2D eigenvalue weighted by molar-refractivity contribution is 5.67. The number of fused-ring (bicyclic) bond motifs is 1. The molecule has 2 heterocycles. The second kappa shape index (κ2) is 10.2. The molecule has 170 valence electrons. The maximum absolute atomic E-state index is 11.8. The summed E-state index contributed by atoms with van der Waals surface area (Å²) in [6.45, 7) is 2.68. The lowest BCUT2D eigenvalue weighted by atomic mass is 9.99. The Kier molecular flexibility index (Phi) is 7.16. The number of esters is 2. The van der Waals surface area contributed by atoms with E-state index in [9.17, 15) is 9.59 Å². The van der Waals surface area contributed by atoms with Crippen LogP contribution in [-0.4, -0.2) is 49.6 Å². The number of carbonyl (C=O) groups excluding carboxylic acids is 2. The molecule has 0 saturated carbocycles. The average Bonchev–Trinajstić information content (AvgIpc) is 2.81. The maximum Gasteiger partial charge on any atom is 0.303 e. The van der Waals surface area contributed by atoms with E-state index >= 15 is 0 Å². The summed E-state index contributed by atoms with van der Waals surface area (Å²) in [6.07, 6.45) is -4.08. The third-order valence-corrected chi connectivity index (χ3v) is 5.24. The van der Waals surface area contributed by atoms with Gasteiger partial charge in [-0.1, -0.05) is 60.7 Å². The molecule has 2 aromatic carbocycles. The predicted molar refractivity (Wildman–Crippen MR) is 111 cm³/mol. The first-order valence-electron chi connectivity index (χ1n) is 10.5. The van der Waals surface area contributed by atoms with Crippen molar-refractivity contribution in [1.29, 1.82) is 0 Å². The minimum absolute atomic E-state index is 0.162. The molecule has 2 fully saturated rings. The van der Waals surface area contributed by atoms with E-state index in [4.69, 9.17) is 28.4 Å². The lowest BCUT2D eigenvalue weighted by Crippen LogP contribution is -2.59. The first-order chi connectivity index (χ1) is 15.5. The van der Waals surface area contributed by atoms with E-state index in [1.165, 1.54) is 13.8 Å². The molecule has 8 nitrogen and oxygen atoms in total. The first-order valence-corrected chi connectivity index (χ1v) is 10.5. The van der Waals surface area contributed by atoms with Crippen molar-refractivity contribution < 1.29 is 38.0 Å². The van der Waals surface area contributed by atoms with E-state index in [1.54, 1.807) is 0 Å². The lowest BCUT2D eigenvalue weighted by molar-refractivity contribution is -0.373. The van der Waals surface area contributed by atoms with Crippen LogP contribution in [0.25, 0.3) is 0 Å². The van der Waals surface area contributed by atoms with Gasteiger partial charge in [0.05, 0.1) is 6.61 Å². The maximum atomic E-state index is 11.8. The monoisotopic (exact) mass is 442 g/mol. The van der Waals surface area contributed by atoms with Gasteiger partial charge in [-0.2, -0.15) is 0 Å². The van der Waals surface area contributed by atoms with Gasteiger partial charge in [-0.3, -0.25) is 9.59 Å². The van der Waals surface area contributed by atoms with Crippen molar-refractivity contribution >= 4 is 11.9 Å². The van der Waals surface area contributed by atoms with E-state index in [2.05, 4.69) is 0 Å². The Morgan fingerprint density at radius 2 is 1.50 bits per heavy atom. The summed E-state index contributed by atoms with van der Waals surface area (Å²) in [5, 5.41) is 0. The highest BCUT2D eigenvalue weighted by Crippen LogP contribution is 2.39. The van der Waals surface area contributed by atoms with Crippen molar-refractivity contribution in [2.75, 3.05) is 13.2 Å². The van der Waals surface area contributed by atoms with Crippen molar-refractivity contribution in [2.45, 2.75) is 50.8 Å². The zero-order valence-corrected chi connectivity index (χ0v) is 17.9. The van der Waals surface area contributed by atoms with E-state index in [0.29, 0.717) is 0 Å². The van der Waals surface area contributed by atoms with Crippen LogP contribution >= 0.6 is 0 Å². The van der Waals surface area contributed by atoms with Crippen molar-refractivity contribution in [1.82, 2.24) is 0 Å². The molecular weight excluding hydrogens is 416 g/mol. The Hall–Kier alpha value is -2.78. The molecule has 6 atom stereocenters. The molecule has 2 aliphatic heterocycles. The molecule has 0 bridgehead atoms. The fourth-order valence-electron chi connectivity index (χ4n) is 3.82. The molecule has 0 aromatic heterocycles. The molecule has 8 heteroatoms. The molecule has 2 aliphatic rings. The summed E-state index contributed by atoms with van der Waals surface area (Å²) in [5.41, 5.74) is 1.65. The van der Waals surface area contributed by atoms with Crippen LogP contribution in [0.5, 0.6) is 0 Å². The van der Waals surface area contributed by atoms with Gasteiger partial charge in [-0.05, 0) is 0 Å². The Morgan fingerprint density at radius 1 is 0.875 bits per heavy atom. The molecule has 0 N–H and O–H groups in total. The van der Waals surface area contributed by atoms with Gasteiger partial charge in [0.15, 0.2) is 18.7 Å². The van der Waals surface area contributed by atoms with Gasteiger partial charge in [0.1, 0.15) is 24.9 Å². The van der Waals surface area contributed by atoms with Crippen molar-refractivity contribution in [3.8, 4) is 0 Å². The molecule has 0 radical (unpaired) electrons. The van der Waals surface area contributed by atoms with Gasteiger partial charge in [0.25, 0.3) is 0 Å². The van der Waals surface area contributed by atoms with E-state index < -0.39 is 48.9 Å². The van der Waals surface area contributed by atoms with Gasteiger partial charge in [0, 0.05) is 25.0 Å². The van der Waals surface area contributed by atoms with Crippen LogP contribution in [0.3, 0.4) is 0 Å².